The van der Waals surface area contributed by atoms with Crippen molar-refractivity contribution in [2.45, 2.75) is 44.4 Å². The minimum Gasteiger partial charge on any atom is -0.340 e. The van der Waals surface area contributed by atoms with E-state index in [4.69, 9.17) is 5.73 Å². The van der Waals surface area contributed by atoms with E-state index in [2.05, 4.69) is 13.8 Å². The first-order valence-electron chi connectivity index (χ1n) is 6.20. The molecule has 1 saturated carbocycles. The second kappa shape index (κ2) is 4.57. The number of hydrogen-bond acceptors (Lipinski definition) is 3. The van der Waals surface area contributed by atoms with Gasteiger partial charge in [0.2, 0.25) is 5.91 Å². The standard InChI is InChI=1S/C12H22N2OS/c1-9-8-14(6-7-16-9)11(15)12(2)5-3-4-10(12)13/h9-10H,3-8,13H2,1-2H3. The van der Waals surface area contributed by atoms with Crippen LogP contribution in [0.25, 0.3) is 0 Å². The van der Waals surface area contributed by atoms with Crippen molar-refractivity contribution >= 4 is 17.7 Å². The Kier molecular flexibility index (Phi) is 3.50. The number of rotatable bonds is 1. The molecule has 1 heterocycles. The first-order chi connectivity index (χ1) is 7.54. The number of nitrogens with zero attached hydrogens (tertiary/aromatic N) is 1. The summed E-state index contributed by atoms with van der Waals surface area (Å²) >= 11 is 1.96. The maximum atomic E-state index is 12.5. The van der Waals surface area contributed by atoms with Crippen LogP contribution in [0.1, 0.15) is 33.1 Å². The van der Waals surface area contributed by atoms with Gasteiger partial charge in [0.25, 0.3) is 0 Å². The first-order valence-corrected chi connectivity index (χ1v) is 7.25. The van der Waals surface area contributed by atoms with Crippen molar-refractivity contribution in [2.24, 2.45) is 11.1 Å². The summed E-state index contributed by atoms with van der Waals surface area (Å²) in [7, 11) is 0. The highest BCUT2D eigenvalue weighted by atomic mass is 32.2. The van der Waals surface area contributed by atoms with E-state index < -0.39 is 0 Å². The van der Waals surface area contributed by atoms with Gasteiger partial charge in [0, 0.05) is 30.1 Å². The van der Waals surface area contributed by atoms with Crippen LogP contribution in [-0.2, 0) is 4.79 Å². The van der Waals surface area contributed by atoms with Gasteiger partial charge in [0.15, 0.2) is 0 Å². The molecule has 1 saturated heterocycles. The van der Waals surface area contributed by atoms with Gasteiger partial charge in [-0.2, -0.15) is 11.8 Å². The van der Waals surface area contributed by atoms with Crippen molar-refractivity contribution in [3.8, 4) is 0 Å². The Labute approximate surface area is 102 Å². The topological polar surface area (TPSA) is 46.3 Å². The van der Waals surface area contributed by atoms with Gasteiger partial charge >= 0.3 is 0 Å². The molecule has 3 unspecified atom stereocenters. The molecule has 1 aliphatic heterocycles. The average molecular weight is 242 g/mol. The summed E-state index contributed by atoms with van der Waals surface area (Å²) in [4.78, 5) is 14.5. The van der Waals surface area contributed by atoms with Gasteiger partial charge in [-0.15, -0.1) is 0 Å². The summed E-state index contributed by atoms with van der Waals surface area (Å²) in [6, 6.07) is 0.0601. The predicted octanol–water partition coefficient (Wildman–Crippen LogP) is 1.47. The summed E-state index contributed by atoms with van der Waals surface area (Å²) in [6.07, 6.45) is 3.06. The van der Waals surface area contributed by atoms with Gasteiger partial charge in [-0.05, 0) is 19.8 Å². The third kappa shape index (κ3) is 2.09. The number of carbonyl (C=O) groups is 1. The SMILES string of the molecule is CC1CN(C(=O)C2(C)CCCC2N)CCS1. The molecule has 1 aliphatic carbocycles. The first kappa shape index (κ1) is 12.2. The lowest BCUT2D eigenvalue weighted by molar-refractivity contribution is -0.141. The highest BCUT2D eigenvalue weighted by Gasteiger charge is 2.45. The van der Waals surface area contributed by atoms with E-state index in [0.717, 1.165) is 38.1 Å². The van der Waals surface area contributed by atoms with Crippen LogP contribution in [0.4, 0.5) is 0 Å². The number of thioether (sulfide) groups is 1. The molecule has 4 heteroatoms. The molecule has 2 fully saturated rings. The summed E-state index contributed by atoms with van der Waals surface area (Å²) in [5, 5.41) is 0.568. The fraction of sp³-hybridized carbons (Fsp3) is 0.917. The number of carbonyl (C=O) groups excluding carboxylic acids is 1. The van der Waals surface area contributed by atoms with Gasteiger partial charge in [-0.25, -0.2) is 0 Å². The molecule has 0 bridgehead atoms. The number of nitrogens with two attached hydrogens (primary N) is 1. The Bertz CT molecular complexity index is 284. The number of amides is 1. The zero-order valence-corrected chi connectivity index (χ0v) is 11.1. The third-order valence-corrected chi connectivity index (χ3v) is 5.18. The van der Waals surface area contributed by atoms with E-state index in [0.29, 0.717) is 11.2 Å². The van der Waals surface area contributed by atoms with E-state index >= 15 is 0 Å². The van der Waals surface area contributed by atoms with Gasteiger partial charge in [-0.1, -0.05) is 13.3 Å². The summed E-state index contributed by atoms with van der Waals surface area (Å²) in [6.45, 7) is 6.04. The summed E-state index contributed by atoms with van der Waals surface area (Å²) in [5.74, 6) is 1.36. The van der Waals surface area contributed by atoms with Gasteiger partial charge in [0.1, 0.15) is 0 Å². The molecule has 3 nitrogen and oxygen atoms in total. The van der Waals surface area contributed by atoms with Gasteiger partial charge in [0.05, 0.1) is 5.41 Å². The Morgan fingerprint density at radius 2 is 2.31 bits per heavy atom. The van der Waals surface area contributed by atoms with Crippen LogP contribution in [0, 0.1) is 5.41 Å². The lowest BCUT2D eigenvalue weighted by Crippen LogP contribution is -2.52. The Morgan fingerprint density at radius 1 is 1.56 bits per heavy atom. The minimum atomic E-state index is -0.290. The molecule has 2 N–H and O–H groups in total. The molecule has 0 aromatic heterocycles. The molecule has 16 heavy (non-hydrogen) atoms. The Hall–Kier alpha value is -0.220. The Balaban J connectivity index is 2.06. The maximum absolute atomic E-state index is 12.5. The second-order valence-electron chi connectivity index (χ2n) is 5.35. The van der Waals surface area contributed by atoms with Crippen LogP contribution in [0.15, 0.2) is 0 Å². The van der Waals surface area contributed by atoms with E-state index in [1.165, 1.54) is 0 Å². The normalized spacial score (nSPS) is 40.1. The van der Waals surface area contributed by atoms with Crippen molar-refractivity contribution in [1.29, 1.82) is 0 Å². The van der Waals surface area contributed by atoms with Crippen molar-refractivity contribution in [1.82, 2.24) is 4.90 Å². The fourth-order valence-electron chi connectivity index (χ4n) is 2.82. The largest absolute Gasteiger partial charge is 0.340 e. The number of hydrogen-bond donors (Lipinski definition) is 1. The molecule has 3 atom stereocenters. The molecule has 0 aromatic carbocycles. The van der Waals surface area contributed by atoms with Crippen LogP contribution in [0.2, 0.25) is 0 Å². The van der Waals surface area contributed by atoms with Crippen LogP contribution in [-0.4, -0.2) is 40.9 Å². The molecule has 0 spiro atoms. The van der Waals surface area contributed by atoms with Gasteiger partial charge in [-0.3, -0.25) is 4.79 Å². The quantitative estimate of drug-likeness (QED) is 0.757. The molecule has 0 aromatic rings. The molecule has 2 aliphatic rings. The summed E-state index contributed by atoms with van der Waals surface area (Å²) < 4.78 is 0. The highest BCUT2D eigenvalue weighted by molar-refractivity contribution is 7.99. The van der Waals surface area contributed by atoms with E-state index in [9.17, 15) is 4.79 Å². The van der Waals surface area contributed by atoms with E-state index in [1.807, 2.05) is 16.7 Å². The average Bonchev–Trinajstić information content (AvgIpc) is 2.59. The van der Waals surface area contributed by atoms with Crippen molar-refractivity contribution in [2.75, 3.05) is 18.8 Å². The van der Waals surface area contributed by atoms with Crippen LogP contribution in [0.3, 0.4) is 0 Å². The molecular formula is C12H22N2OS. The minimum absolute atomic E-state index is 0.0601. The highest BCUT2D eigenvalue weighted by Crippen LogP contribution is 2.39. The monoisotopic (exact) mass is 242 g/mol. The lowest BCUT2D eigenvalue weighted by Gasteiger charge is -2.38. The second-order valence-corrected chi connectivity index (χ2v) is 6.90. The van der Waals surface area contributed by atoms with Crippen molar-refractivity contribution in [3.63, 3.8) is 0 Å². The zero-order valence-electron chi connectivity index (χ0n) is 10.2. The predicted molar refractivity (Wildman–Crippen MR) is 68.4 cm³/mol. The summed E-state index contributed by atoms with van der Waals surface area (Å²) in [5.41, 5.74) is 5.81. The van der Waals surface area contributed by atoms with Crippen molar-refractivity contribution < 1.29 is 4.79 Å². The molecule has 2 rings (SSSR count). The van der Waals surface area contributed by atoms with Crippen molar-refractivity contribution in [3.05, 3.63) is 0 Å². The fourth-order valence-corrected chi connectivity index (χ4v) is 3.84. The van der Waals surface area contributed by atoms with Crippen LogP contribution >= 0.6 is 11.8 Å². The zero-order chi connectivity index (χ0) is 11.8. The van der Waals surface area contributed by atoms with E-state index in [-0.39, 0.29) is 11.5 Å². The third-order valence-electron chi connectivity index (χ3n) is 4.05. The van der Waals surface area contributed by atoms with Gasteiger partial charge < -0.3 is 10.6 Å². The maximum Gasteiger partial charge on any atom is 0.230 e. The molecular weight excluding hydrogens is 220 g/mol. The smallest absolute Gasteiger partial charge is 0.230 e. The van der Waals surface area contributed by atoms with E-state index in [1.54, 1.807) is 0 Å². The Morgan fingerprint density at radius 3 is 2.88 bits per heavy atom. The van der Waals surface area contributed by atoms with Crippen LogP contribution < -0.4 is 5.73 Å². The molecule has 1 amide bonds. The lowest BCUT2D eigenvalue weighted by atomic mass is 9.83. The molecule has 0 radical (unpaired) electrons. The van der Waals surface area contributed by atoms with Crippen LogP contribution in [0.5, 0.6) is 0 Å². The molecule has 92 valence electrons.